The van der Waals surface area contributed by atoms with Gasteiger partial charge < -0.3 is 19.4 Å². The van der Waals surface area contributed by atoms with Crippen LogP contribution in [0.4, 0.5) is 10.2 Å². The second-order valence-corrected chi connectivity index (χ2v) is 11.3. The van der Waals surface area contributed by atoms with Crippen molar-refractivity contribution >= 4 is 45.0 Å². The average Bonchev–Trinajstić information content (AvgIpc) is 3.44. The second kappa shape index (κ2) is 12.1. The molecule has 0 saturated carbocycles. The molecular formula is C32H31ClFN7O2. The molecule has 1 amide bonds. The Morgan fingerprint density at radius 1 is 1.21 bits per heavy atom. The van der Waals surface area contributed by atoms with Gasteiger partial charge in [0, 0.05) is 47.8 Å². The number of anilines is 1. The van der Waals surface area contributed by atoms with Crippen LogP contribution in [0.1, 0.15) is 19.3 Å². The lowest BCUT2D eigenvalue weighted by Crippen LogP contribution is -2.55. The van der Waals surface area contributed by atoms with Crippen LogP contribution >= 0.6 is 11.6 Å². The van der Waals surface area contributed by atoms with E-state index in [9.17, 15) is 10.1 Å². The van der Waals surface area contributed by atoms with Crippen LogP contribution in [0.3, 0.4) is 0 Å². The summed E-state index contributed by atoms with van der Waals surface area (Å²) in [6.45, 7) is 6.06. The van der Waals surface area contributed by atoms with Gasteiger partial charge in [0.1, 0.15) is 23.6 Å². The lowest BCUT2D eigenvalue weighted by Gasteiger charge is -2.41. The molecule has 2 aromatic heterocycles. The monoisotopic (exact) mass is 599 g/mol. The number of likely N-dealkylation sites (N-methyl/N-ethyl adjacent to an activating group) is 1. The summed E-state index contributed by atoms with van der Waals surface area (Å²) in [6.07, 6.45) is 5.05. The molecule has 2 aliphatic heterocycles. The van der Waals surface area contributed by atoms with E-state index in [1.54, 1.807) is 23.2 Å². The van der Waals surface area contributed by atoms with Gasteiger partial charge in [-0.3, -0.25) is 9.78 Å². The third-order valence-electron chi connectivity index (χ3n) is 8.40. The minimum Gasteiger partial charge on any atom is -0.462 e. The van der Waals surface area contributed by atoms with E-state index < -0.39 is 5.82 Å². The fourth-order valence-electron chi connectivity index (χ4n) is 6.10. The highest BCUT2D eigenvalue weighted by Gasteiger charge is 2.32. The first-order chi connectivity index (χ1) is 20.9. The van der Waals surface area contributed by atoms with E-state index in [2.05, 4.69) is 34.6 Å². The Morgan fingerprint density at radius 3 is 2.77 bits per heavy atom. The highest BCUT2D eigenvalue weighted by Crippen LogP contribution is 2.37. The van der Waals surface area contributed by atoms with Crippen molar-refractivity contribution in [2.24, 2.45) is 0 Å². The van der Waals surface area contributed by atoms with Gasteiger partial charge in [0.15, 0.2) is 5.82 Å². The Kier molecular flexibility index (Phi) is 8.10. The van der Waals surface area contributed by atoms with Crippen LogP contribution < -0.4 is 9.64 Å². The molecule has 43 heavy (non-hydrogen) atoms. The zero-order valence-corrected chi connectivity index (χ0v) is 24.6. The van der Waals surface area contributed by atoms with Crippen LogP contribution in [0, 0.1) is 17.1 Å². The molecule has 0 spiro atoms. The molecule has 2 aromatic carbocycles. The summed E-state index contributed by atoms with van der Waals surface area (Å²) < 4.78 is 22.7. The van der Waals surface area contributed by atoms with Gasteiger partial charge in [-0.2, -0.15) is 15.2 Å². The molecule has 0 unspecified atom stereocenters. The maximum Gasteiger partial charge on any atom is 0.319 e. The fraction of sp³-hybridized carbons (Fsp3) is 0.344. The number of pyridine rings is 1. The molecule has 2 saturated heterocycles. The van der Waals surface area contributed by atoms with E-state index in [4.69, 9.17) is 21.3 Å². The Labute approximate surface area is 254 Å². The summed E-state index contributed by atoms with van der Waals surface area (Å²) in [5, 5.41) is 12.0. The molecule has 2 aliphatic rings. The molecule has 0 aliphatic carbocycles. The summed E-state index contributed by atoms with van der Waals surface area (Å²) in [7, 11) is 2.06. The van der Waals surface area contributed by atoms with Gasteiger partial charge in [-0.1, -0.05) is 48.5 Å². The van der Waals surface area contributed by atoms with E-state index in [0.717, 1.165) is 24.8 Å². The first kappa shape index (κ1) is 28.8. The average molecular weight is 600 g/mol. The van der Waals surface area contributed by atoms with Crippen molar-refractivity contribution in [3.05, 3.63) is 66.1 Å². The number of carbonyl (C=O) groups is 1. The van der Waals surface area contributed by atoms with Crippen molar-refractivity contribution in [2.45, 2.75) is 31.3 Å². The minimum absolute atomic E-state index is 0.0660. The van der Waals surface area contributed by atoms with Crippen molar-refractivity contribution < 1.29 is 13.9 Å². The van der Waals surface area contributed by atoms with Gasteiger partial charge in [-0.05, 0) is 44.0 Å². The number of hydrogen-bond acceptors (Lipinski definition) is 8. The number of carbonyl (C=O) groups excluding carboxylic acids is 1. The quantitative estimate of drug-likeness (QED) is 0.267. The van der Waals surface area contributed by atoms with E-state index in [1.165, 1.54) is 6.08 Å². The Bertz CT molecular complexity index is 1750. The third-order valence-corrected chi connectivity index (χ3v) is 8.71. The van der Waals surface area contributed by atoms with E-state index >= 15 is 4.39 Å². The normalized spacial score (nSPS) is 19.1. The summed E-state index contributed by atoms with van der Waals surface area (Å²) >= 11 is 6.57. The molecule has 2 fully saturated rings. The standard InChI is InChI=1S/C32H31ClFN7O2/c1-3-26(42)41-16-15-40(18-21(41)12-13-35)31-24-17-36-29(23-10-4-7-20-8-5-11-25(33)27(20)23)28(34)30(24)37-32(38-31)43-19-22-9-6-14-39(22)2/h3-5,7-8,10-11,17,21-22H,1,6,9,12,14-16,18-19H2,2H3/t21-,22-/m0/s1. The van der Waals surface area contributed by atoms with Crippen LogP contribution in [0.2, 0.25) is 5.02 Å². The van der Waals surface area contributed by atoms with Crippen LogP contribution in [0.25, 0.3) is 32.9 Å². The molecule has 6 rings (SSSR count). The van der Waals surface area contributed by atoms with Gasteiger partial charge in [-0.25, -0.2) is 4.39 Å². The molecule has 4 aromatic rings. The third kappa shape index (κ3) is 5.46. The van der Waals surface area contributed by atoms with Crippen LogP contribution in [-0.4, -0.2) is 82.6 Å². The summed E-state index contributed by atoms with van der Waals surface area (Å²) in [6, 6.07) is 13.2. The highest BCUT2D eigenvalue weighted by atomic mass is 35.5. The van der Waals surface area contributed by atoms with Crippen LogP contribution in [0.5, 0.6) is 6.01 Å². The lowest BCUT2D eigenvalue weighted by molar-refractivity contribution is -0.128. The number of halogens is 2. The highest BCUT2D eigenvalue weighted by molar-refractivity contribution is 6.36. The number of fused-ring (bicyclic) bond motifs is 2. The van der Waals surface area contributed by atoms with Crippen molar-refractivity contribution in [3.8, 4) is 23.3 Å². The van der Waals surface area contributed by atoms with Gasteiger partial charge in [0.2, 0.25) is 5.91 Å². The SMILES string of the molecule is C=CC(=O)N1CCN(c2nc(OC[C@@H]3CCCN3C)nc3c(F)c(-c4cccc5cccc(Cl)c45)ncc23)C[C@@H]1CC#N. The molecule has 9 nitrogen and oxygen atoms in total. The predicted molar refractivity (Wildman–Crippen MR) is 165 cm³/mol. The maximum absolute atomic E-state index is 16.6. The van der Waals surface area contributed by atoms with Gasteiger partial charge >= 0.3 is 6.01 Å². The molecule has 11 heteroatoms. The molecular weight excluding hydrogens is 569 g/mol. The van der Waals surface area contributed by atoms with Crippen molar-refractivity contribution in [3.63, 3.8) is 0 Å². The smallest absolute Gasteiger partial charge is 0.319 e. The number of aromatic nitrogens is 3. The van der Waals surface area contributed by atoms with Crippen molar-refractivity contribution in [2.75, 3.05) is 44.7 Å². The van der Waals surface area contributed by atoms with E-state index in [1.807, 2.05) is 29.2 Å². The molecule has 0 radical (unpaired) electrons. The molecule has 2 atom stereocenters. The molecule has 4 heterocycles. The molecule has 0 N–H and O–H groups in total. The summed E-state index contributed by atoms with van der Waals surface area (Å²) in [4.78, 5) is 32.2. The Hall–Kier alpha value is -4.33. The Morgan fingerprint density at radius 2 is 2.02 bits per heavy atom. The predicted octanol–water partition coefficient (Wildman–Crippen LogP) is 5.23. The number of benzene rings is 2. The number of amides is 1. The van der Waals surface area contributed by atoms with Gasteiger partial charge in [0.25, 0.3) is 0 Å². The number of ether oxygens (including phenoxy) is 1. The van der Waals surface area contributed by atoms with Gasteiger partial charge in [-0.15, -0.1) is 0 Å². The van der Waals surface area contributed by atoms with Crippen molar-refractivity contribution in [1.82, 2.24) is 24.8 Å². The number of nitriles is 1. The van der Waals surface area contributed by atoms with Crippen LogP contribution in [-0.2, 0) is 4.79 Å². The summed E-state index contributed by atoms with van der Waals surface area (Å²) in [5.74, 6) is -0.393. The molecule has 220 valence electrons. The van der Waals surface area contributed by atoms with Gasteiger partial charge in [0.05, 0.1) is 23.9 Å². The topological polar surface area (TPSA) is 98.5 Å². The zero-order valence-electron chi connectivity index (χ0n) is 23.8. The van der Waals surface area contributed by atoms with Crippen LogP contribution in [0.15, 0.2) is 55.3 Å². The maximum atomic E-state index is 16.6. The minimum atomic E-state index is -0.606. The van der Waals surface area contributed by atoms with E-state index in [0.29, 0.717) is 53.4 Å². The van der Waals surface area contributed by atoms with Crippen molar-refractivity contribution in [1.29, 1.82) is 5.26 Å². The summed E-state index contributed by atoms with van der Waals surface area (Å²) in [5.41, 5.74) is 0.764. The lowest BCUT2D eigenvalue weighted by atomic mass is 10.0. The van der Waals surface area contributed by atoms with E-state index in [-0.39, 0.29) is 41.6 Å². The number of piperazine rings is 1. The first-order valence-electron chi connectivity index (χ1n) is 14.3. The zero-order chi connectivity index (χ0) is 30.1. The molecule has 0 bridgehead atoms. The number of nitrogens with zero attached hydrogens (tertiary/aromatic N) is 7. The largest absolute Gasteiger partial charge is 0.462 e. The Balaban J connectivity index is 1.46. The number of rotatable bonds is 7. The number of likely N-dealkylation sites (tertiary alicyclic amines) is 1. The second-order valence-electron chi connectivity index (χ2n) is 10.9. The first-order valence-corrected chi connectivity index (χ1v) is 14.7. The fourth-order valence-corrected chi connectivity index (χ4v) is 6.39. The number of hydrogen-bond donors (Lipinski definition) is 0.